The van der Waals surface area contributed by atoms with E-state index in [1.54, 1.807) is 4.88 Å². The number of hydrogen-bond acceptors (Lipinski definition) is 2. The topological polar surface area (TPSA) is 3.24 Å². The summed E-state index contributed by atoms with van der Waals surface area (Å²) in [5, 5.41) is 0. The molecule has 0 radical (unpaired) electrons. The van der Waals surface area contributed by atoms with E-state index < -0.39 is 0 Å². The number of hydrogen-bond donors (Lipinski definition) is 0. The van der Waals surface area contributed by atoms with Gasteiger partial charge in [-0.1, -0.05) is 42.7 Å². The first kappa shape index (κ1) is 14.8. The molecule has 1 aliphatic heterocycles. The molecule has 1 atom stereocenters. The molecular weight excluding hydrogens is 274 g/mol. The fourth-order valence-corrected chi connectivity index (χ4v) is 4.40. The van der Waals surface area contributed by atoms with Gasteiger partial charge in [-0.2, -0.15) is 0 Å². The van der Waals surface area contributed by atoms with Gasteiger partial charge in [-0.3, -0.25) is 4.90 Å². The molecule has 1 aromatic carbocycles. The average Bonchev–Trinajstić information content (AvgIpc) is 2.75. The summed E-state index contributed by atoms with van der Waals surface area (Å²) in [5.41, 5.74) is 2.82. The minimum Gasteiger partial charge on any atom is -0.291 e. The number of likely N-dealkylation sites (tertiary alicyclic amines) is 1. The summed E-state index contributed by atoms with van der Waals surface area (Å²) in [7, 11) is 0. The summed E-state index contributed by atoms with van der Waals surface area (Å²) in [4.78, 5) is 5.69. The van der Waals surface area contributed by atoms with Gasteiger partial charge in [0, 0.05) is 22.3 Å². The van der Waals surface area contributed by atoms with E-state index in [1.165, 1.54) is 48.2 Å². The normalized spacial score (nSPS) is 20.4. The first-order valence-electron chi connectivity index (χ1n) is 8.08. The number of rotatable bonds is 3. The first-order chi connectivity index (χ1) is 10.2. The summed E-state index contributed by atoms with van der Waals surface area (Å²) in [6.45, 7) is 6.72. The molecule has 2 aromatic rings. The lowest BCUT2D eigenvalue weighted by Crippen LogP contribution is -2.27. The zero-order valence-corrected chi connectivity index (χ0v) is 14.0. The highest BCUT2D eigenvalue weighted by atomic mass is 32.1. The molecule has 1 aliphatic rings. The molecule has 1 fully saturated rings. The van der Waals surface area contributed by atoms with Crippen LogP contribution in [0.5, 0.6) is 0 Å². The summed E-state index contributed by atoms with van der Waals surface area (Å²) in [6, 6.07) is 14.2. The van der Waals surface area contributed by atoms with Crippen LogP contribution in [0.2, 0.25) is 0 Å². The number of nitrogens with zero attached hydrogens (tertiary/aromatic N) is 1. The standard InChI is InChI=1S/C19H25NS/c1-15-7-6-8-17(13-15)14-20-12-5-3-4-9-18(20)19-11-10-16(2)21-19/h6-8,10-11,13,18H,3-5,9,12,14H2,1-2H3/t18-/m1/s1. The minimum absolute atomic E-state index is 0.617. The van der Waals surface area contributed by atoms with Crippen molar-refractivity contribution < 1.29 is 0 Å². The van der Waals surface area contributed by atoms with Crippen molar-refractivity contribution in [3.8, 4) is 0 Å². The van der Waals surface area contributed by atoms with Crippen molar-refractivity contribution in [1.29, 1.82) is 0 Å². The van der Waals surface area contributed by atoms with E-state index in [-0.39, 0.29) is 0 Å². The Hall–Kier alpha value is -1.12. The highest BCUT2D eigenvalue weighted by Crippen LogP contribution is 2.35. The molecule has 112 valence electrons. The molecular formula is C19H25NS. The third-order valence-electron chi connectivity index (χ3n) is 4.42. The quantitative estimate of drug-likeness (QED) is 0.725. The van der Waals surface area contributed by atoms with Crippen molar-refractivity contribution in [2.45, 2.75) is 52.1 Å². The van der Waals surface area contributed by atoms with Gasteiger partial charge in [0.05, 0.1) is 0 Å². The molecule has 1 nitrogen and oxygen atoms in total. The summed E-state index contributed by atoms with van der Waals surface area (Å²) < 4.78 is 0. The lowest BCUT2D eigenvalue weighted by Gasteiger charge is -2.29. The molecule has 0 spiro atoms. The minimum atomic E-state index is 0.617. The average molecular weight is 299 g/mol. The number of aryl methyl sites for hydroxylation is 2. The molecule has 0 amide bonds. The van der Waals surface area contributed by atoms with Crippen LogP contribution < -0.4 is 0 Å². The van der Waals surface area contributed by atoms with Crippen LogP contribution >= 0.6 is 11.3 Å². The maximum atomic E-state index is 2.70. The van der Waals surface area contributed by atoms with E-state index in [4.69, 9.17) is 0 Å². The second-order valence-corrected chi connectivity index (χ2v) is 7.59. The first-order valence-corrected chi connectivity index (χ1v) is 8.90. The Morgan fingerprint density at radius 1 is 1.10 bits per heavy atom. The molecule has 1 aromatic heterocycles. The van der Waals surface area contributed by atoms with Crippen LogP contribution in [0.4, 0.5) is 0 Å². The van der Waals surface area contributed by atoms with Crippen LogP contribution in [0.1, 0.15) is 52.6 Å². The van der Waals surface area contributed by atoms with Crippen molar-refractivity contribution in [3.63, 3.8) is 0 Å². The molecule has 0 saturated carbocycles. The maximum absolute atomic E-state index is 2.70. The van der Waals surface area contributed by atoms with E-state index >= 15 is 0 Å². The highest BCUT2D eigenvalue weighted by molar-refractivity contribution is 7.12. The molecule has 21 heavy (non-hydrogen) atoms. The van der Waals surface area contributed by atoms with Crippen LogP contribution in [0.3, 0.4) is 0 Å². The molecule has 2 heteroatoms. The van der Waals surface area contributed by atoms with Gasteiger partial charge in [-0.05, 0) is 50.9 Å². The van der Waals surface area contributed by atoms with Crippen molar-refractivity contribution in [2.75, 3.05) is 6.54 Å². The van der Waals surface area contributed by atoms with Crippen LogP contribution in [-0.2, 0) is 6.54 Å². The molecule has 0 aliphatic carbocycles. The molecule has 3 rings (SSSR count). The zero-order chi connectivity index (χ0) is 14.7. The van der Waals surface area contributed by atoms with Crippen molar-refractivity contribution in [1.82, 2.24) is 4.90 Å². The molecule has 0 N–H and O–H groups in total. The second kappa shape index (κ2) is 6.76. The lowest BCUT2D eigenvalue weighted by atomic mass is 10.1. The largest absolute Gasteiger partial charge is 0.291 e. The third-order valence-corrected chi connectivity index (χ3v) is 5.52. The van der Waals surface area contributed by atoms with Gasteiger partial charge in [0.15, 0.2) is 0 Å². The van der Waals surface area contributed by atoms with Crippen molar-refractivity contribution >= 4 is 11.3 Å². The summed E-state index contributed by atoms with van der Waals surface area (Å²) in [6.07, 6.45) is 5.40. The van der Waals surface area contributed by atoms with Gasteiger partial charge < -0.3 is 0 Å². The Balaban J connectivity index is 1.81. The third kappa shape index (κ3) is 3.75. The highest BCUT2D eigenvalue weighted by Gasteiger charge is 2.23. The van der Waals surface area contributed by atoms with Gasteiger partial charge in [-0.15, -0.1) is 11.3 Å². The second-order valence-electron chi connectivity index (χ2n) is 6.27. The number of benzene rings is 1. The van der Waals surface area contributed by atoms with Crippen LogP contribution in [0, 0.1) is 13.8 Å². The Morgan fingerprint density at radius 3 is 2.76 bits per heavy atom. The predicted octanol–water partition coefficient (Wildman–Crippen LogP) is 5.48. The van der Waals surface area contributed by atoms with E-state index in [2.05, 4.69) is 55.1 Å². The van der Waals surface area contributed by atoms with Crippen molar-refractivity contribution in [3.05, 3.63) is 57.3 Å². The van der Waals surface area contributed by atoms with Crippen LogP contribution in [0.25, 0.3) is 0 Å². The zero-order valence-electron chi connectivity index (χ0n) is 13.1. The SMILES string of the molecule is Cc1cccc(CN2CCCCC[C@@H]2c2ccc(C)s2)c1. The number of thiophene rings is 1. The summed E-state index contributed by atoms with van der Waals surface area (Å²) in [5.74, 6) is 0. The van der Waals surface area contributed by atoms with Gasteiger partial charge in [0.25, 0.3) is 0 Å². The van der Waals surface area contributed by atoms with E-state index in [1.807, 2.05) is 11.3 Å². The fourth-order valence-electron chi connectivity index (χ4n) is 3.36. The Morgan fingerprint density at radius 2 is 2.00 bits per heavy atom. The predicted molar refractivity (Wildman–Crippen MR) is 91.9 cm³/mol. The Bertz CT molecular complexity index is 587. The monoisotopic (exact) mass is 299 g/mol. The molecule has 0 unspecified atom stereocenters. The van der Waals surface area contributed by atoms with Gasteiger partial charge in [-0.25, -0.2) is 0 Å². The smallest absolute Gasteiger partial charge is 0.0445 e. The molecule has 0 bridgehead atoms. The van der Waals surface area contributed by atoms with Gasteiger partial charge in [0.2, 0.25) is 0 Å². The van der Waals surface area contributed by atoms with Gasteiger partial charge in [0.1, 0.15) is 0 Å². The van der Waals surface area contributed by atoms with Crippen LogP contribution in [-0.4, -0.2) is 11.4 Å². The van der Waals surface area contributed by atoms with E-state index in [0.717, 1.165) is 6.54 Å². The Kier molecular flexibility index (Phi) is 4.77. The maximum Gasteiger partial charge on any atom is 0.0445 e. The van der Waals surface area contributed by atoms with Crippen LogP contribution in [0.15, 0.2) is 36.4 Å². The summed E-state index contributed by atoms with van der Waals surface area (Å²) >= 11 is 1.98. The lowest BCUT2D eigenvalue weighted by molar-refractivity contribution is 0.195. The molecule has 2 heterocycles. The molecule has 1 saturated heterocycles. The van der Waals surface area contributed by atoms with E-state index in [0.29, 0.717) is 6.04 Å². The van der Waals surface area contributed by atoms with E-state index in [9.17, 15) is 0 Å². The fraction of sp³-hybridized carbons (Fsp3) is 0.474. The Labute approximate surface area is 132 Å². The van der Waals surface area contributed by atoms with Gasteiger partial charge >= 0.3 is 0 Å². The van der Waals surface area contributed by atoms with Crippen molar-refractivity contribution in [2.24, 2.45) is 0 Å².